The molecule has 2 aromatic carbocycles. The van der Waals surface area contributed by atoms with Gasteiger partial charge in [0, 0.05) is 19.0 Å². The first-order chi connectivity index (χ1) is 14.9. The van der Waals surface area contributed by atoms with E-state index < -0.39 is 11.2 Å². The first-order valence-corrected chi connectivity index (χ1v) is 10.6. The maximum absolute atomic E-state index is 13.1. The number of fused-ring (bicyclic) bond motifs is 1. The minimum Gasteiger partial charge on any atom is -0.502 e. The highest BCUT2D eigenvalue weighted by Gasteiger charge is 2.39. The van der Waals surface area contributed by atoms with Crippen LogP contribution in [-0.2, 0) is 0 Å². The van der Waals surface area contributed by atoms with E-state index in [1.54, 1.807) is 9.58 Å². The van der Waals surface area contributed by atoms with Gasteiger partial charge in [0.1, 0.15) is 0 Å². The van der Waals surface area contributed by atoms with Crippen molar-refractivity contribution < 1.29 is 9.90 Å². The number of aryl methyl sites for hydroxylation is 2. The van der Waals surface area contributed by atoms with E-state index in [-0.39, 0.29) is 23.6 Å². The summed E-state index contributed by atoms with van der Waals surface area (Å²) in [5, 5.41) is 14.8. The van der Waals surface area contributed by atoms with Crippen LogP contribution in [0.15, 0.2) is 59.5 Å². The molecule has 2 heterocycles. The molecule has 1 aliphatic heterocycles. The predicted octanol–water partition coefficient (Wildman–Crippen LogP) is 3.80. The molecule has 160 valence electrons. The smallest absolute Gasteiger partial charge is 0.276 e. The maximum atomic E-state index is 13.1. The van der Waals surface area contributed by atoms with Crippen molar-refractivity contribution in [3.05, 3.63) is 92.9 Å². The van der Waals surface area contributed by atoms with Crippen molar-refractivity contribution in [2.45, 2.75) is 39.2 Å². The number of carbonyl (C=O) groups excluding carboxylic acids is 1. The maximum Gasteiger partial charge on any atom is 0.276 e. The minimum atomic E-state index is -0.639. The predicted molar refractivity (Wildman–Crippen MR) is 120 cm³/mol. The number of amides is 1. The molecule has 0 radical (unpaired) electrons. The first kappa shape index (κ1) is 20.8. The fourth-order valence-electron chi connectivity index (χ4n) is 4.52. The van der Waals surface area contributed by atoms with Crippen molar-refractivity contribution in [3.63, 3.8) is 0 Å². The molecule has 0 spiro atoms. The Kier molecular flexibility index (Phi) is 5.63. The molecule has 1 amide bonds. The summed E-state index contributed by atoms with van der Waals surface area (Å²) in [6.07, 6.45) is 1.88. The van der Waals surface area contributed by atoms with Crippen LogP contribution in [0.5, 0.6) is 5.75 Å². The average Bonchev–Trinajstić information content (AvgIpc) is 2.74. The molecule has 1 aliphatic rings. The Morgan fingerprint density at radius 2 is 1.68 bits per heavy atom. The molecule has 1 atom stereocenters. The first-order valence-electron chi connectivity index (χ1n) is 10.6. The summed E-state index contributed by atoms with van der Waals surface area (Å²) in [6, 6.07) is 16.4. The van der Waals surface area contributed by atoms with Crippen molar-refractivity contribution >= 4 is 5.91 Å². The summed E-state index contributed by atoms with van der Waals surface area (Å²) < 4.78 is 1.56. The monoisotopic (exact) mass is 417 g/mol. The zero-order valence-electron chi connectivity index (χ0n) is 18.1. The van der Waals surface area contributed by atoms with Gasteiger partial charge in [-0.2, -0.15) is 5.10 Å². The Morgan fingerprint density at radius 1 is 1.06 bits per heavy atom. The second kappa shape index (κ2) is 8.38. The third-order valence-corrected chi connectivity index (χ3v) is 5.88. The Hall–Kier alpha value is -3.41. The Morgan fingerprint density at radius 3 is 2.23 bits per heavy atom. The van der Waals surface area contributed by atoms with Crippen LogP contribution in [0.3, 0.4) is 0 Å². The third-order valence-electron chi connectivity index (χ3n) is 5.88. The van der Waals surface area contributed by atoms with Crippen LogP contribution in [-0.4, -0.2) is 38.8 Å². The van der Waals surface area contributed by atoms with Crippen molar-refractivity contribution in [2.24, 2.45) is 0 Å². The van der Waals surface area contributed by atoms with Gasteiger partial charge in [-0.3, -0.25) is 14.3 Å². The largest absolute Gasteiger partial charge is 0.502 e. The van der Waals surface area contributed by atoms with Crippen molar-refractivity contribution in [3.8, 4) is 5.75 Å². The highest BCUT2D eigenvalue weighted by molar-refractivity contribution is 5.95. The SMILES string of the molecule is CCCN1CC(C(c2cccc(C)c2)c2cccc(C)c2)n2ncc(=O)c(O)c2C1=O. The second-order valence-corrected chi connectivity index (χ2v) is 8.28. The van der Waals surface area contributed by atoms with Crippen LogP contribution >= 0.6 is 0 Å². The number of benzene rings is 2. The molecule has 6 nitrogen and oxygen atoms in total. The third kappa shape index (κ3) is 3.85. The Balaban J connectivity index is 1.96. The summed E-state index contributed by atoms with van der Waals surface area (Å²) in [6.45, 7) is 7.11. The van der Waals surface area contributed by atoms with Crippen LogP contribution in [0.1, 0.15) is 58.0 Å². The standard InChI is InChI=1S/C25H27N3O3/c1-4-11-27-15-20(28-23(25(27)31)24(30)21(29)14-26-28)22(18-9-5-7-16(2)12-18)19-10-6-8-17(3)13-19/h5-10,12-14,20,22,30H,4,11,15H2,1-3H3. The van der Waals surface area contributed by atoms with E-state index in [0.717, 1.165) is 34.9 Å². The Bertz CT molecular complexity index is 1140. The fourth-order valence-corrected chi connectivity index (χ4v) is 4.52. The molecule has 0 bridgehead atoms. The van der Waals surface area contributed by atoms with Crippen LogP contribution in [0.2, 0.25) is 0 Å². The van der Waals surface area contributed by atoms with E-state index in [9.17, 15) is 14.7 Å². The van der Waals surface area contributed by atoms with Gasteiger partial charge in [0.05, 0.1) is 12.2 Å². The van der Waals surface area contributed by atoms with Gasteiger partial charge in [-0.15, -0.1) is 0 Å². The molecule has 0 saturated heterocycles. The van der Waals surface area contributed by atoms with E-state index in [2.05, 4.69) is 55.3 Å². The number of hydrogen-bond donors (Lipinski definition) is 1. The van der Waals surface area contributed by atoms with Gasteiger partial charge in [0.2, 0.25) is 5.43 Å². The van der Waals surface area contributed by atoms with E-state index in [1.807, 2.05) is 19.1 Å². The summed E-state index contributed by atoms with van der Waals surface area (Å²) in [7, 11) is 0. The highest BCUT2D eigenvalue weighted by atomic mass is 16.3. The van der Waals surface area contributed by atoms with Crippen LogP contribution in [0, 0.1) is 13.8 Å². The zero-order valence-corrected chi connectivity index (χ0v) is 18.1. The molecule has 1 N–H and O–H groups in total. The van der Waals surface area contributed by atoms with Gasteiger partial charge in [0.15, 0.2) is 11.4 Å². The molecular formula is C25H27N3O3. The zero-order chi connectivity index (χ0) is 22.1. The number of carbonyl (C=O) groups is 1. The molecule has 4 rings (SSSR count). The van der Waals surface area contributed by atoms with Crippen molar-refractivity contribution in [1.82, 2.24) is 14.7 Å². The average molecular weight is 418 g/mol. The summed E-state index contributed by atoms with van der Waals surface area (Å²) in [5.41, 5.74) is 3.83. The van der Waals surface area contributed by atoms with Gasteiger partial charge in [-0.1, -0.05) is 66.6 Å². The number of aromatic nitrogens is 2. The van der Waals surface area contributed by atoms with Gasteiger partial charge < -0.3 is 10.0 Å². The molecule has 1 aromatic heterocycles. The fraction of sp³-hybridized carbons (Fsp3) is 0.320. The lowest BCUT2D eigenvalue weighted by Gasteiger charge is -2.39. The molecule has 0 aliphatic carbocycles. The van der Waals surface area contributed by atoms with E-state index in [4.69, 9.17) is 0 Å². The molecule has 0 fully saturated rings. The minimum absolute atomic E-state index is 0.0255. The van der Waals surface area contributed by atoms with Crippen LogP contribution < -0.4 is 5.43 Å². The van der Waals surface area contributed by atoms with Crippen molar-refractivity contribution in [2.75, 3.05) is 13.1 Å². The van der Waals surface area contributed by atoms with Crippen LogP contribution in [0.25, 0.3) is 0 Å². The molecule has 31 heavy (non-hydrogen) atoms. The van der Waals surface area contributed by atoms with Gasteiger partial charge in [-0.05, 0) is 31.4 Å². The second-order valence-electron chi connectivity index (χ2n) is 8.28. The normalized spacial score (nSPS) is 15.9. The topological polar surface area (TPSA) is 75.4 Å². The number of nitrogens with zero attached hydrogens (tertiary/aromatic N) is 3. The Labute approximate surface area is 181 Å². The van der Waals surface area contributed by atoms with E-state index >= 15 is 0 Å². The van der Waals surface area contributed by atoms with Gasteiger partial charge >= 0.3 is 0 Å². The van der Waals surface area contributed by atoms with Crippen molar-refractivity contribution in [1.29, 1.82) is 0 Å². The van der Waals surface area contributed by atoms with E-state index in [1.165, 1.54) is 0 Å². The van der Waals surface area contributed by atoms with Gasteiger partial charge in [-0.25, -0.2) is 0 Å². The number of aromatic hydroxyl groups is 1. The molecular weight excluding hydrogens is 390 g/mol. The molecule has 3 aromatic rings. The van der Waals surface area contributed by atoms with Gasteiger partial charge in [0.25, 0.3) is 5.91 Å². The molecule has 1 unspecified atom stereocenters. The quantitative estimate of drug-likeness (QED) is 0.685. The molecule has 6 heteroatoms. The lowest BCUT2D eigenvalue weighted by atomic mass is 9.82. The highest BCUT2D eigenvalue weighted by Crippen LogP contribution is 2.39. The summed E-state index contributed by atoms with van der Waals surface area (Å²) >= 11 is 0. The number of rotatable bonds is 5. The lowest BCUT2D eigenvalue weighted by Crippen LogP contribution is -2.47. The number of hydrogen-bond acceptors (Lipinski definition) is 4. The van der Waals surface area contributed by atoms with Crippen LogP contribution in [0.4, 0.5) is 0 Å². The molecule has 0 saturated carbocycles. The summed E-state index contributed by atoms with van der Waals surface area (Å²) in [5.74, 6) is -0.994. The summed E-state index contributed by atoms with van der Waals surface area (Å²) in [4.78, 5) is 26.9. The lowest BCUT2D eigenvalue weighted by molar-refractivity contribution is 0.0634. The van der Waals surface area contributed by atoms with E-state index in [0.29, 0.717) is 13.1 Å².